The van der Waals surface area contributed by atoms with Crippen LogP contribution in [0.5, 0.6) is 0 Å². The molecule has 7 nitrogen and oxygen atoms in total. The van der Waals surface area contributed by atoms with Crippen LogP contribution in [0, 0.1) is 13.8 Å². The Morgan fingerprint density at radius 3 is 2.63 bits per heavy atom. The van der Waals surface area contributed by atoms with Gasteiger partial charge in [0.25, 0.3) is 11.8 Å². The van der Waals surface area contributed by atoms with E-state index in [1.165, 1.54) is 29.2 Å². The van der Waals surface area contributed by atoms with E-state index in [1.807, 2.05) is 24.5 Å². The lowest BCUT2D eigenvalue weighted by molar-refractivity contribution is -0.128. The summed E-state index contributed by atoms with van der Waals surface area (Å²) in [5.74, 6) is -2.21. The van der Waals surface area contributed by atoms with E-state index < -0.39 is 17.8 Å². The molecular weight excluding hydrogens is 426 g/mol. The van der Waals surface area contributed by atoms with Gasteiger partial charge in [-0.05, 0) is 62.0 Å². The van der Waals surface area contributed by atoms with Crippen LogP contribution in [0.1, 0.15) is 27.3 Å². The number of thiocarbonyl (C=S) groups is 1. The number of halogens is 1. The van der Waals surface area contributed by atoms with Crippen molar-refractivity contribution in [1.29, 1.82) is 0 Å². The second-order valence-corrected chi connectivity index (χ2v) is 7.45. The molecule has 1 aromatic heterocycles. The van der Waals surface area contributed by atoms with E-state index in [2.05, 4.69) is 11.9 Å². The quantitative estimate of drug-likeness (QED) is 0.320. The Kier molecular flexibility index (Phi) is 5.91. The summed E-state index contributed by atoms with van der Waals surface area (Å²) in [6.07, 6.45) is 3.02. The molecule has 2 amide bonds. The van der Waals surface area contributed by atoms with Crippen LogP contribution >= 0.6 is 23.8 Å². The van der Waals surface area contributed by atoms with Crippen molar-refractivity contribution in [2.45, 2.75) is 13.8 Å². The first-order chi connectivity index (χ1) is 14.1. The lowest BCUT2D eigenvalue weighted by atomic mass is 10.1. The predicted molar refractivity (Wildman–Crippen MR) is 118 cm³/mol. The Bertz CT molecular complexity index is 1150. The number of benzene rings is 1. The first-order valence-electron chi connectivity index (χ1n) is 8.87. The van der Waals surface area contributed by atoms with Crippen molar-refractivity contribution in [3.8, 4) is 5.69 Å². The van der Waals surface area contributed by atoms with E-state index in [0.29, 0.717) is 11.3 Å². The Morgan fingerprint density at radius 1 is 1.30 bits per heavy atom. The molecule has 9 heteroatoms. The molecule has 1 aliphatic heterocycles. The van der Waals surface area contributed by atoms with Crippen molar-refractivity contribution in [2.24, 2.45) is 0 Å². The minimum atomic E-state index is -1.13. The zero-order valence-electron chi connectivity index (χ0n) is 16.2. The number of carboxylic acids is 1. The zero-order valence-corrected chi connectivity index (χ0v) is 17.8. The van der Waals surface area contributed by atoms with Gasteiger partial charge in [0.2, 0.25) is 0 Å². The van der Waals surface area contributed by atoms with Crippen LogP contribution in [0.25, 0.3) is 11.8 Å². The van der Waals surface area contributed by atoms with Gasteiger partial charge in [0, 0.05) is 23.6 Å². The smallest absolute Gasteiger partial charge is 0.337 e. The van der Waals surface area contributed by atoms with Crippen molar-refractivity contribution < 1.29 is 19.5 Å². The van der Waals surface area contributed by atoms with Crippen molar-refractivity contribution in [2.75, 3.05) is 6.54 Å². The third kappa shape index (κ3) is 3.79. The Labute approximate surface area is 183 Å². The maximum absolute atomic E-state index is 12.7. The SMILES string of the molecule is C=CCN1C(=O)C(=Cc2cc(C)n(-c3ccc(Cl)c(C(=O)O)c3)c2C)C(=O)NC1=S. The van der Waals surface area contributed by atoms with Crippen LogP contribution < -0.4 is 5.32 Å². The molecule has 30 heavy (non-hydrogen) atoms. The van der Waals surface area contributed by atoms with Crippen LogP contribution in [-0.4, -0.2) is 44.0 Å². The van der Waals surface area contributed by atoms with Gasteiger partial charge < -0.3 is 9.67 Å². The molecule has 154 valence electrons. The summed E-state index contributed by atoms with van der Waals surface area (Å²) in [6, 6.07) is 6.50. The maximum atomic E-state index is 12.7. The number of aromatic carboxylic acids is 1. The minimum absolute atomic E-state index is 0.0167. The lowest BCUT2D eigenvalue weighted by Gasteiger charge is -2.27. The van der Waals surface area contributed by atoms with E-state index in [-0.39, 0.29) is 27.8 Å². The standard InChI is InChI=1S/C21H18ClN3O4S/c1-4-7-24-19(27)16(18(26)23-21(24)30)9-13-8-11(2)25(12(13)3)14-5-6-17(22)15(10-14)20(28)29/h4-6,8-10H,1,7H2,2-3H3,(H,28,29)(H,23,26,30). The summed E-state index contributed by atoms with van der Waals surface area (Å²) in [7, 11) is 0. The minimum Gasteiger partial charge on any atom is -0.478 e. The molecule has 1 fully saturated rings. The first kappa shape index (κ1) is 21.5. The van der Waals surface area contributed by atoms with Crippen LogP contribution in [0.2, 0.25) is 5.02 Å². The largest absolute Gasteiger partial charge is 0.478 e. The Hall–Kier alpha value is -3.23. The molecule has 1 saturated heterocycles. The molecule has 0 aliphatic carbocycles. The van der Waals surface area contributed by atoms with E-state index in [0.717, 1.165) is 11.4 Å². The van der Waals surface area contributed by atoms with Gasteiger partial charge in [-0.15, -0.1) is 6.58 Å². The van der Waals surface area contributed by atoms with Crippen LogP contribution in [0.15, 0.2) is 42.5 Å². The maximum Gasteiger partial charge on any atom is 0.337 e. The summed E-state index contributed by atoms with van der Waals surface area (Å²) in [5.41, 5.74) is 2.70. The van der Waals surface area contributed by atoms with Gasteiger partial charge in [0.1, 0.15) is 5.57 Å². The van der Waals surface area contributed by atoms with Gasteiger partial charge in [-0.25, -0.2) is 4.79 Å². The number of hydrogen-bond acceptors (Lipinski definition) is 4. The van der Waals surface area contributed by atoms with E-state index in [9.17, 15) is 19.5 Å². The summed E-state index contributed by atoms with van der Waals surface area (Å²) >= 11 is 11.0. The average molecular weight is 444 g/mol. The number of carboxylic acid groups (broad SMARTS) is 1. The monoisotopic (exact) mass is 443 g/mol. The molecule has 2 aromatic rings. The fourth-order valence-electron chi connectivity index (χ4n) is 3.29. The van der Waals surface area contributed by atoms with Crippen molar-refractivity contribution in [3.05, 3.63) is 70.0 Å². The summed E-state index contributed by atoms with van der Waals surface area (Å²) < 4.78 is 1.83. The van der Waals surface area contributed by atoms with Gasteiger partial charge in [-0.2, -0.15) is 0 Å². The number of nitrogens with zero attached hydrogens (tertiary/aromatic N) is 2. The number of aromatic nitrogens is 1. The summed E-state index contributed by atoms with van der Waals surface area (Å²) in [5, 5.41) is 12.0. The number of amides is 2. The number of hydrogen-bond donors (Lipinski definition) is 2. The van der Waals surface area contributed by atoms with Gasteiger partial charge >= 0.3 is 5.97 Å². The van der Waals surface area contributed by atoms with Crippen LogP contribution in [-0.2, 0) is 9.59 Å². The fraction of sp³-hybridized carbons (Fsp3) is 0.143. The van der Waals surface area contributed by atoms with Crippen LogP contribution in [0.4, 0.5) is 0 Å². The topological polar surface area (TPSA) is 91.6 Å². The number of carbonyl (C=O) groups excluding carboxylic acids is 2. The molecule has 2 N–H and O–H groups in total. The molecule has 0 bridgehead atoms. The number of rotatable bonds is 5. The Morgan fingerprint density at radius 2 is 2.00 bits per heavy atom. The van der Waals surface area contributed by atoms with Crippen molar-refractivity contribution >= 4 is 52.8 Å². The molecular formula is C21H18ClN3O4S. The second-order valence-electron chi connectivity index (χ2n) is 6.65. The first-order valence-corrected chi connectivity index (χ1v) is 9.66. The number of nitrogens with one attached hydrogen (secondary N) is 1. The highest BCUT2D eigenvalue weighted by Gasteiger charge is 2.33. The van der Waals surface area contributed by atoms with Gasteiger partial charge in [0.05, 0.1) is 10.6 Å². The summed E-state index contributed by atoms with van der Waals surface area (Å²) in [4.78, 5) is 37.8. The molecule has 0 saturated carbocycles. The lowest BCUT2D eigenvalue weighted by Crippen LogP contribution is -2.53. The molecule has 0 radical (unpaired) electrons. The molecule has 0 spiro atoms. The van der Waals surface area contributed by atoms with Crippen LogP contribution in [0.3, 0.4) is 0 Å². The fourth-order valence-corrected chi connectivity index (χ4v) is 3.74. The molecule has 0 unspecified atom stereocenters. The third-order valence-electron chi connectivity index (χ3n) is 4.71. The van der Waals surface area contributed by atoms with E-state index >= 15 is 0 Å². The highest BCUT2D eigenvalue weighted by molar-refractivity contribution is 7.80. The highest BCUT2D eigenvalue weighted by Crippen LogP contribution is 2.27. The molecule has 2 heterocycles. The van der Waals surface area contributed by atoms with Gasteiger partial charge in [-0.1, -0.05) is 17.7 Å². The van der Waals surface area contributed by atoms with Crippen molar-refractivity contribution in [3.63, 3.8) is 0 Å². The molecule has 0 atom stereocenters. The van der Waals surface area contributed by atoms with E-state index in [1.54, 1.807) is 6.07 Å². The van der Waals surface area contributed by atoms with E-state index in [4.69, 9.17) is 23.8 Å². The Balaban J connectivity index is 2.08. The van der Waals surface area contributed by atoms with Crippen molar-refractivity contribution in [1.82, 2.24) is 14.8 Å². The number of carbonyl (C=O) groups is 3. The molecule has 1 aliphatic rings. The molecule has 1 aromatic carbocycles. The summed E-state index contributed by atoms with van der Waals surface area (Å²) in [6.45, 7) is 7.43. The highest BCUT2D eigenvalue weighted by atomic mass is 35.5. The second kappa shape index (κ2) is 8.25. The zero-order chi connectivity index (χ0) is 22.2. The number of aryl methyl sites for hydroxylation is 1. The normalized spacial score (nSPS) is 15.5. The van der Waals surface area contributed by atoms with Gasteiger partial charge in [-0.3, -0.25) is 19.8 Å². The average Bonchev–Trinajstić information content (AvgIpc) is 2.96. The molecule has 3 rings (SSSR count). The third-order valence-corrected chi connectivity index (χ3v) is 5.36. The van der Waals surface area contributed by atoms with Gasteiger partial charge in [0.15, 0.2) is 5.11 Å². The predicted octanol–water partition coefficient (Wildman–Crippen LogP) is 3.26.